The number of benzene rings is 10. The molecule has 0 saturated carbocycles. The first-order valence-electron chi connectivity index (χ1n) is 28.4. The van der Waals surface area contributed by atoms with E-state index in [2.05, 4.69) is 10.6 Å². The molecule has 0 unspecified atom stereocenters. The van der Waals surface area contributed by atoms with Gasteiger partial charge in [0.2, 0.25) is 0 Å². The largest absolute Gasteiger partial charge is 0.310 e. The van der Waals surface area contributed by atoms with Gasteiger partial charge in [-0.3, -0.25) is 0 Å². The number of nitrogens with zero attached hydrogens (tertiary/aromatic N) is 2. The van der Waals surface area contributed by atoms with Crippen LogP contribution in [-0.4, -0.2) is 4.57 Å². The first-order chi connectivity index (χ1) is 37.8. The molecule has 0 bridgehead atoms. The van der Waals surface area contributed by atoms with Crippen LogP contribution >= 0.6 is 0 Å². The van der Waals surface area contributed by atoms with Crippen molar-refractivity contribution in [2.45, 2.75) is 0 Å². The number of fused-ring (bicyclic) bond motifs is 3. The number of rotatable bonds is 9. The molecule has 0 spiro atoms. The van der Waals surface area contributed by atoms with Gasteiger partial charge in [0.25, 0.3) is 0 Å². The second-order valence-electron chi connectivity index (χ2n) is 14.4. The van der Waals surface area contributed by atoms with Gasteiger partial charge in [0.1, 0.15) is 0 Å². The van der Waals surface area contributed by atoms with Crippen LogP contribution in [0.2, 0.25) is 0 Å². The van der Waals surface area contributed by atoms with Crippen LogP contribution in [0, 0.1) is 0 Å². The van der Waals surface area contributed by atoms with E-state index in [1.54, 1.807) is 30.3 Å². The Labute approximate surface area is 386 Å². The molecular weight excluding hydrogens is 749 g/mol. The molecule has 0 radical (unpaired) electrons. The number of hydrogen-bond acceptors (Lipinski definition) is 1. The van der Waals surface area contributed by atoms with E-state index in [1.807, 2.05) is 115 Å². The van der Waals surface area contributed by atoms with Gasteiger partial charge in [-0.15, -0.1) is 0 Å². The van der Waals surface area contributed by atoms with Crippen molar-refractivity contribution in [1.82, 2.24) is 4.57 Å². The molecule has 11 rings (SSSR count). The molecule has 0 aliphatic rings. The summed E-state index contributed by atoms with van der Waals surface area (Å²) in [5, 5.41) is 1.61. The summed E-state index contributed by atoms with van der Waals surface area (Å²) in [5.41, 5.74) is 2.62. The highest BCUT2D eigenvalue weighted by molar-refractivity contribution is 6.10. The average Bonchev–Trinajstić information content (AvgIpc) is 3.97. The molecule has 2 heteroatoms. The highest BCUT2D eigenvalue weighted by atomic mass is 15.1. The van der Waals surface area contributed by atoms with Crippen molar-refractivity contribution in [2.24, 2.45) is 0 Å². The summed E-state index contributed by atoms with van der Waals surface area (Å²) < 4.78 is 158. The topological polar surface area (TPSA) is 8.17 Å². The van der Waals surface area contributed by atoms with Crippen molar-refractivity contribution in [3.8, 4) is 61.3 Å². The Bertz CT molecular complexity index is 4250. The van der Waals surface area contributed by atoms with Gasteiger partial charge in [-0.2, -0.15) is 0 Å². The van der Waals surface area contributed by atoms with E-state index in [0.717, 1.165) is 49.1 Å². The Morgan fingerprint density at radius 3 is 1.61 bits per heavy atom. The molecule has 0 N–H and O–H groups in total. The third kappa shape index (κ3) is 6.94. The number of aromatic nitrogens is 1. The van der Waals surface area contributed by atoms with E-state index in [9.17, 15) is 12.3 Å². The minimum absolute atomic E-state index is 0.0373. The van der Waals surface area contributed by atoms with E-state index in [-0.39, 0.29) is 11.3 Å². The maximum Gasteiger partial charge on any atom is 0.0645 e. The van der Waals surface area contributed by atoms with E-state index >= 15 is 0 Å². The normalized spacial score (nSPS) is 15.1. The zero-order chi connectivity index (χ0) is 56.0. The minimum atomic E-state index is -0.884. The van der Waals surface area contributed by atoms with Crippen LogP contribution in [0.25, 0.3) is 83.1 Å². The second-order valence-corrected chi connectivity index (χ2v) is 14.4. The lowest BCUT2D eigenvalue weighted by atomic mass is 9.96. The Hall–Kier alpha value is -8.20. The zero-order valence-corrected chi connectivity index (χ0v) is 32.8. The molecule has 0 saturated heterocycles. The Morgan fingerprint density at radius 2 is 0.887 bits per heavy atom. The zero-order valence-electron chi connectivity index (χ0n) is 49.8. The third-order valence-corrected chi connectivity index (χ3v) is 10.8. The molecule has 0 atom stereocenters. The minimum Gasteiger partial charge on any atom is -0.310 e. The fraction of sp³-hybridized carbons (Fsp3) is 0. The molecule has 1 aromatic heterocycles. The summed E-state index contributed by atoms with van der Waals surface area (Å²) >= 11 is 0. The molecular formula is C60H42N2. The lowest BCUT2D eigenvalue weighted by Gasteiger charge is -2.29. The molecule has 0 aliphatic heterocycles. The third-order valence-electron chi connectivity index (χ3n) is 10.8. The fourth-order valence-electron chi connectivity index (χ4n) is 7.85. The van der Waals surface area contributed by atoms with Gasteiger partial charge < -0.3 is 9.47 Å². The molecule has 1 heterocycles. The van der Waals surface area contributed by atoms with Crippen LogP contribution < -0.4 is 4.90 Å². The van der Waals surface area contributed by atoms with Crippen LogP contribution in [0.3, 0.4) is 0 Å². The molecule has 2 nitrogen and oxygen atoms in total. The molecule has 10 aromatic carbocycles. The van der Waals surface area contributed by atoms with Crippen molar-refractivity contribution in [3.63, 3.8) is 0 Å². The molecule has 0 aliphatic carbocycles. The molecule has 0 amide bonds. The monoisotopic (exact) mass is 807 g/mol. The molecule has 292 valence electrons. The predicted molar refractivity (Wildman–Crippen MR) is 263 cm³/mol. The summed E-state index contributed by atoms with van der Waals surface area (Å²) in [6, 6.07) is 33.7. The summed E-state index contributed by atoms with van der Waals surface area (Å²) in [4.78, 5) is 1.10. The van der Waals surface area contributed by atoms with E-state index in [0.29, 0.717) is 11.1 Å². The van der Waals surface area contributed by atoms with Crippen molar-refractivity contribution in [3.05, 3.63) is 254 Å². The molecule has 62 heavy (non-hydrogen) atoms. The van der Waals surface area contributed by atoms with Gasteiger partial charge in [-0.05, 0) is 117 Å². The lowest BCUT2D eigenvalue weighted by molar-refractivity contribution is 1.18. The average molecular weight is 808 g/mol. The van der Waals surface area contributed by atoms with E-state index in [1.165, 1.54) is 0 Å². The number of anilines is 3. The Balaban J connectivity index is 1.19. The molecule has 0 fully saturated rings. The first-order valence-corrected chi connectivity index (χ1v) is 19.9. The van der Waals surface area contributed by atoms with Gasteiger partial charge in [-0.25, -0.2) is 0 Å². The smallest absolute Gasteiger partial charge is 0.0645 e. The molecule has 11 aromatic rings. The van der Waals surface area contributed by atoms with Gasteiger partial charge >= 0.3 is 0 Å². The van der Waals surface area contributed by atoms with Crippen LogP contribution in [-0.2, 0) is 0 Å². The summed E-state index contributed by atoms with van der Waals surface area (Å²) in [6.45, 7) is 0. The second kappa shape index (κ2) is 16.1. The van der Waals surface area contributed by atoms with Gasteiger partial charge in [0.05, 0.1) is 40.0 Å². The highest BCUT2D eigenvalue weighted by Crippen LogP contribution is 2.44. The van der Waals surface area contributed by atoms with Crippen LogP contribution in [0.1, 0.15) is 23.3 Å². The summed E-state index contributed by atoms with van der Waals surface area (Å²) in [5.74, 6) is 0. The van der Waals surface area contributed by atoms with Crippen molar-refractivity contribution >= 4 is 38.9 Å². The van der Waals surface area contributed by atoms with Gasteiger partial charge in [0.15, 0.2) is 0 Å². The van der Waals surface area contributed by atoms with Crippen LogP contribution in [0.4, 0.5) is 17.1 Å². The number of hydrogen-bond donors (Lipinski definition) is 0. The maximum atomic E-state index is 9.94. The lowest BCUT2D eigenvalue weighted by Crippen LogP contribution is -2.11. The Kier molecular flexibility index (Phi) is 5.97. The standard InChI is InChI=1S/C60H42N2/c1-5-16-43(17-6-1)46-28-34-52(35-29-46)61(59-38-32-50(45-20-9-3-10-21-45)41-56(59)48-22-11-4-12-23-48)53-36-30-47(31-37-53)51-33-39-60-57(42-51)55-26-13-14-27-58(55)62(60)54-25-15-24-49(40-54)44-18-7-2-8-19-44/h1-42H/i3D,4D,9D,10D,11D,12D,20D,21D,22D,23D,30D,31D,32D,36D,37D,38D,41D. The SMILES string of the molecule is [2H]c1c([2H])c([2H])c(-c2c([2H])c([2H])c(N(c3ccc(-c4ccccc4)cc3)c3c([2H])c([2H])c(-c4ccc5c(c4)c4ccccc4n5-c4cccc(-c5ccccc5)c4)c([2H])c3[2H])c(-c3c([2H])c([2H])c([2H])c([2H])c3[2H])c2[2H])c([2H])c1[2H]. The first kappa shape index (κ1) is 23.0. The maximum absolute atomic E-state index is 9.94. The van der Waals surface area contributed by atoms with Crippen molar-refractivity contribution in [2.75, 3.05) is 4.90 Å². The van der Waals surface area contributed by atoms with E-state index in [4.69, 9.17) is 11.0 Å². The quantitative estimate of drug-likeness (QED) is 0.141. The summed E-state index contributed by atoms with van der Waals surface area (Å²) in [6.07, 6.45) is 0. The summed E-state index contributed by atoms with van der Waals surface area (Å²) in [7, 11) is 0. The Morgan fingerprint density at radius 1 is 0.339 bits per heavy atom. The van der Waals surface area contributed by atoms with Crippen molar-refractivity contribution in [1.29, 1.82) is 0 Å². The van der Waals surface area contributed by atoms with Crippen LogP contribution in [0.5, 0.6) is 0 Å². The predicted octanol–water partition coefficient (Wildman–Crippen LogP) is 16.6. The van der Waals surface area contributed by atoms with Crippen LogP contribution in [0.15, 0.2) is 254 Å². The van der Waals surface area contributed by atoms with E-state index < -0.39 is 136 Å². The van der Waals surface area contributed by atoms with Gasteiger partial charge in [0, 0.05) is 33.4 Å². The van der Waals surface area contributed by atoms with Gasteiger partial charge in [-0.1, -0.05) is 188 Å². The number of para-hydroxylation sites is 1. The highest BCUT2D eigenvalue weighted by Gasteiger charge is 2.20. The van der Waals surface area contributed by atoms with Crippen molar-refractivity contribution < 1.29 is 23.3 Å². The fourth-order valence-corrected chi connectivity index (χ4v) is 7.85.